The molecule has 1 aliphatic carbocycles. The van der Waals surface area contributed by atoms with Gasteiger partial charge in [0.2, 0.25) is 0 Å². The van der Waals surface area contributed by atoms with Crippen LogP contribution in [0.2, 0.25) is 0 Å². The van der Waals surface area contributed by atoms with E-state index in [0.29, 0.717) is 24.3 Å². The maximum atomic E-state index is 12.3. The molecular weight excluding hydrogens is 318 g/mol. The van der Waals surface area contributed by atoms with Gasteiger partial charge in [0.1, 0.15) is 6.04 Å². The molecule has 2 rings (SSSR count). The molecule has 7 heteroatoms. The molecule has 1 amide bonds. The van der Waals surface area contributed by atoms with E-state index in [0.717, 1.165) is 19.1 Å². The number of sulfone groups is 1. The number of aliphatic carboxylic acids is 1. The Kier molecular flexibility index (Phi) is 5.09. The van der Waals surface area contributed by atoms with Crippen LogP contribution in [0.3, 0.4) is 0 Å². The molecule has 0 aromatic heterocycles. The zero-order valence-corrected chi connectivity index (χ0v) is 14.0. The molecule has 6 nitrogen and oxygen atoms in total. The summed E-state index contributed by atoms with van der Waals surface area (Å²) >= 11 is 0. The summed E-state index contributed by atoms with van der Waals surface area (Å²) in [6.45, 7) is 1.83. The standard InChI is InChI=1S/C16H21NO5S/c1-3-11-6-7-12(9-14(11)23(2,21)22)15(18)17-13(16(19)20)8-10-4-5-10/h6-7,9-10,13H,3-5,8H2,1-2H3,(H,17,18)(H,19,20). The highest BCUT2D eigenvalue weighted by atomic mass is 32.2. The van der Waals surface area contributed by atoms with E-state index in [1.807, 2.05) is 6.92 Å². The minimum Gasteiger partial charge on any atom is -0.480 e. The molecule has 0 heterocycles. The van der Waals surface area contributed by atoms with E-state index in [4.69, 9.17) is 0 Å². The SMILES string of the molecule is CCc1ccc(C(=O)NC(CC2CC2)C(=O)O)cc1S(C)(=O)=O. The number of carboxylic acid groups (broad SMARTS) is 1. The summed E-state index contributed by atoms with van der Waals surface area (Å²) < 4.78 is 23.7. The predicted molar refractivity (Wildman–Crippen MR) is 85.2 cm³/mol. The molecular formula is C16H21NO5S. The van der Waals surface area contributed by atoms with E-state index in [1.54, 1.807) is 6.07 Å². The maximum absolute atomic E-state index is 12.3. The highest BCUT2D eigenvalue weighted by molar-refractivity contribution is 7.90. The van der Waals surface area contributed by atoms with Crippen molar-refractivity contribution in [2.75, 3.05) is 6.26 Å². The van der Waals surface area contributed by atoms with Gasteiger partial charge >= 0.3 is 5.97 Å². The predicted octanol–water partition coefficient (Wildman–Crippen LogP) is 1.64. The Morgan fingerprint density at radius 3 is 2.48 bits per heavy atom. The quantitative estimate of drug-likeness (QED) is 0.786. The summed E-state index contributed by atoms with van der Waals surface area (Å²) in [5.74, 6) is -1.28. The lowest BCUT2D eigenvalue weighted by atomic mass is 10.1. The fraction of sp³-hybridized carbons (Fsp3) is 0.500. The average molecular weight is 339 g/mol. The van der Waals surface area contributed by atoms with Crippen LogP contribution in [-0.4, -0.2) is 37.7 Å². The Morgan fingerprint density at radius 1 is 1.35 bits per heavy atom. The summed E-state index contributed by atoms with van der Waals surface area (Å²) in [6.07, 6.45) is 4.01. The van der Waals surface area contributed by atoms with Crippen LogP contribution in [0.1, 0.15) is 42.1 Å². The summed E-state index contributed by atoms with van der Waals surface area (Å²) in [5, 5.41) is 11.7. The molecule has 0 spiro atoms. The highest BCUT2D eigenvalue weighted by Gasteiger charge is 2.30. The van der Waals surface area contributed by atoms with E-state index < -0.39 is 27.8 Å². The third-order valence-corrected chi connectivity index (χ3v) is 5.16. The smallest absolute Gasteiger partial charge is 0.326 e. The van der Waals surface area contributed by atoms with Crippen LogP contribution < -0.4 is 5.32 Å². The Bertz CT molecular complexity index is 722. The molecule has 2 N–H and O–H groups in total. The molecule has 1 saturated carbocycles. The monoisotopic (exact) mass is 339 g/mol. The van der Waals surface area contributed by atoms with Gasteiger partial charge in [-0.05, 0) is 36.5 Å². The number of benzene rings is 1. The number of hydrogen-bond donors (Lipinski definition) is 2. The fourth-order valence-corrected chi connectivity index (χ4v) is 3.51. The highest BCUT2D eigenvalue weighted by Crippen LogP contribution is 2.33. The number of nitrogens with one attached hydrogen (secondary N) is 1. The topological polar surface area (TPSA) is 101 Å². The van der Waals surface area contributed by atoms with E-state index in [1.165, 1.54) is 12.1 Å². The third kappa shape index (κ3) is 4.54. The first-order valence-electron chi connectivity index (χ1n) is 7.59. The molecule has 0 bridgehead atoms. The molecule has 1 atom stereocenters. The van der Waals surface area contributed by atoms with Crippen LogP contribution >= 0.6 is 0 Å². The van der Waals surface area contributed by atoms with E-state index in [-0.39, 0.29) is 10.5 Å². The first-order chi connectivity index (χ1) is 10.7. The number of aryl methyl sites for hydroxylation is 1. The molecule has 23 heavy (non-hydrogen) atoms. The normalized spacial score (nSPS) is 15.9. The van der Waals surface area contributed by atoms with Crippen molar-refractivity contribution in [1.29, 1.82) is 0 Å². The molecule has 0 radical (unpaired) electrons. The first-order valence-corrected chi connectivity index (χ1v) is 9.48. The van der Waals surface area contributed by atoms with Crippen LogP contribution in [-0.2, 0) is 21.1 Å². The Hall–Kier alpha value is -1.89. The zero-order chi connectivity index (χ0) is 17.2. The van der Waals surface area contributed by atoms with Crippen molar-refractivity contribution in [3.05, 3.63) is 29.3 Å². The van der Waals surface area contributed by atoms with Crippen LogP contribution in [0.4, 0.5) is 0 Å². The summed E-state index contributed by atoms with van der Waals surface area (Å²) in [6, 6.07) is 3.50. The zero-order valence-electron chi connectivity index (χ0n) is 13.2. The lowest BCUT2D eigenvalue weighted by Crippen LogP contribution is -2.41. The van der Waals surface area contributed by atoms with Crippen LogP contribution in [0.5, 0.6) is 0 Å². The number of hydrogen-bond acceptors (Lipinski definition) is 4. The number of amides is 1. The molecule has 1 aromatic carbocycles. The van der Waals surface area contributed by atoms with Gasteiger partial charge < -0.3 is 10.4 Å². The van der Waals surface area contributed by atoms with Crippen LogP contribution in [0.25, 0.3) is 0 Å². The van der Waals surface area contributed by atoms with Gasteiger partial charge in [0.05, 0.1) is 4.90 Å². The van der Waals surface area contributed by atoms with Gasteiger partial charge in [0, 0.05) is 11.8 Å². The van der Waals surface area contributed by atoms with Gasteiger partial charge in [-0.3, -0.25) is 4.79 Å². The first kappa shape index (κ1) is 17.5. The molecule has 0 aliphatic heterocycles. The van der Waals surface area contributed by atoms with Crippen molar-refractivity contribution in [2.45, 2.75) is 43.5 Å². The van der Waals surface area contributed by atoms with Crippen molar-refractivity contribution in [2.24, 2.45) is 5.92 Å². The van der Waals surface area contributed by atoms with E-state index in [9.17, 15) is 23.1 Å². The number of rotatable bonds is 7. The van der Waals surface area contributed by atoms with Crippen molar-refractivity contribution < 1.29 is 23.1 Å². The Morgan fingerprint density at radius 2 is 2.00 bits per heavy atom. The maximum Gasteiger partial charge on any atom is 0.326 e. The van der Waals surface area contributed by atoms with Gasteiger partial charge in [0.25, 0.3) is 5.91 Å². The van der Waals surface area contributed by atoms with Gasteiger partial charge in [-0.25, -0.2) is 13.2 Å². The second kappa shape index (κ2) is 6.70. The Labute approximate surface area is 135 Å². The van der Waals surface area contributed by atoms with Crippen molar-refractivity contribution in [1.82, 2.24) is 5.32 Å². The van der Waals surface area contributed by atoms with Gasteiger partial charge in [-0.2, -0.15) is 0 Å². The molecule has 1 fully saturated rings. The third-order valence-electron chi connectivity index (χ3n) is 3.98. The van der Waals surface area contributed by atoms with Crippen LogP contribution in [0, 0.1) is 5.92 Å². The van der Waals surface area contributed by atoms with E-state index >= 15 is 0 Å². The molecule has 1 aliphatic rings. The van der Waals surface area contributed by atoms with Crippen molar-refractivity contribution in [3.63, 3.8) is 0 Å². The molecule has 1 aromatic rings. The molecule has 0 saturated heterocycles. The fourth-order valence-electron chi connectivity index (χ4n) is 2.48. The largest absolute Gasteiger partial charge is 0.480 e. The van der Waals surface area contributed by atoms with Gasteiger partial charge in [-0.15, -0.1) is 0 Å². The summed E-state index contributed by atoms with van der Waals surface area (Å²) in [7, 11) is -3.45. The van der Waals surface area contributed by atoms with Gasteiger partial charge in [-0.1, -0.05) is 25.8 Å². The van der Waals surface area contributed by atoms with Crippen molar-refractivity contribution in [3.8, 4) is 0 Å². The second-order valence-electron chi connectivity index (χ2n) is 5.99. The lowest BCUT2D eigenvalue weighted by molar-refractivity contribution is -0.139. The van der Waals surface area contributed by atoms with Crippen LogP contribution in [0.15, 0.2) is 23.1 Å². The minimum absolute atomic E-state index is 0.113. The van der Waals surface area contributed by atoms with Crippen molar-refractivity contribution >= 4 is 21.7 Å². The number of carboxylic acids is 1. The average Bonchev–Trinajstić information content (AvgIpc) is 3.28. The lowest BCUT2D eigenvalue weighted by Gasteiger charge is -2.15. The second-order valence-corrected chi connectivity index (χ2v) is 7.98. The van der Waals surface area contributed by atoms with Gasteiger partial charge in [0.15, 0.2) is 9.84 Å². The Balaban J connectivity index is 2.22. The van der Waals surface area contributed by atoms with E-state index in [2.05, 4.69) is 5.32 Å². The molecule has 126 valence electrons. The minimum atomic E-state index is -3.45. The summed E-state index contributed by atoms with van der Waals surface area (Å²) in [5.41, 5.74) is 0.793. The molecule has 1 unspecified atom stereocenters. The summed E-state index contributed by atoms with van der Waals surface area (Å²) in [4.78, 5) is 23.6. The number of carbonyl (C=O) groups is 2. The number of carbonyl (C=O) groups excluding carboxylic acids is 1.